The topological polar surface area (TPSA) is 115 Å². The second-order valence-corrected chi connectivity index (χ2v) is 12.7. The van der Waals surface area contributed by atoms with Crippen LogP contribution in [0.2, 0.25) is 0 Å². The van der Waals surface area contributed by atoms with Crippen LogP contribution in [0, 0.1) is 0 Å². The number of anilines is 1. The molecule has 0 bridgehead atoms. The van der Waals surface area contributed by atoms with Gasteiger partial charge in [-0.15, -0.1) is 0 Å². The minimum atomic E-state index is -3.57. The number of nitrogens with one attached hydrogen (secondary N) is 4. The van der Waals surface area contributed by atoms with Gasteiger partial charge in [0.05, 0.1) is 29.8 Å². The van der Waals surface area contributed by atoms with Gasteiger partial charge in [0.2, 0.25) is 10.0 Å². The third kappa shape index (κ3) is 5.93. The van der Waals surface area contributed by atoms with Crippen molar-refractivity contribution in [1.29, 1.82) is 0 Å². The molecule has 2 aromatic rings. The molecule has 3 fully saturated rings. The number of morpholine rings is 1. The molecule has 3 atom stereocenters. The van der Waals surface area contributed by atoms with Crippen LogP contribution in [-0.4, -0.2) is 99.7 Å². The third-order valence-corrected chi connectivity index (χ3v) is 10.1. The van der Waals surface area contributed by atoms with Crippen molar-refractivity contribution in [2.45, 2.75) is 68.1 Å². The number of hydrogen-bond donors (Lipinski definition) is 4. The molecule has 3 aliphatic rings. The molecule has 5 rings (SSSR count). The maximum atomic E-state index is 13.1. The first-order valence-electron chi connectivity index (χ1n) is 14.0. The summed E-state index contributed by atoms with van der Waals surface area (Å²) in [6, 6.07) is 8.30. The molecule has 3 aliphatic heterocycles. The molecule has 210 valence electrons. The van der Waals surface area contributed by atoms with Crippen molar-refractivity contribution in [3.05, 3.63) is 42.2 Å². The highest BCUT2D eigenvalue weighted by Gasteiger charge is 2.50. The number of H-pyrrole nitrogens is 1. The van der Waals surface area contributed by atoms with Gasteiger partial charge in [-0.1, -0.05) is 0 Å². The van der Waals surface area contributed by atoms with Crippen molar-refractivity contribution in [1.82, 2.24) is 30.5 Å². The second-order valence-electron chi connectivity index (χ2n) is 11.0. The van der Waals surface area contributed by atoms with Gasteiger partial charge in [0.1, 0.15) is 0 Å². The van der Waals surface area contributed by atoms with Crippen molar-refractivity contribution < 1.29 is 13.2 Å². The molecular weight excluding hydrogens is 502 g/mol. The molecule has 1 aromatic heterocycles. The zero-order chi connectivity index (χ0) is 26.6. The van der Waals surface area contributed by atoms with Crippen molar-refractivity contribution >= 4 is 15.7 Å². The van der Waals surface area contributed by atoms with Gasteiger partial charge < -0.3 is 20.3 Å². The van der Waals surface area contributed by atoms with Crippen LogP contribution in [0.5, 0.6) is 0 Å². The van der Waals surface area contributed by atoms with Gasteiger partial charge in [-0.05, 0) is 89.0 Å². The lowest BCUT2D eigenvalue weighted by molar-refractivity contribution is 0.0376. The van der Waals surface area contributed by atoms with Crippen LogP contribution in [0.4, 0.5) is 5.69 Å². The molecule has 10 nitrogen and oxygen atoms in total. The van der Waals surface area contributed by atoms with Gasteiger partial charge in [-0.3, -0.25) is 10.00 Å². The van der Waals surface area contributed by atoms with E-state index in [4.69, 9.17) is 4.74 Å². The van der Waals surface area contributed by atoms with Crippen LogP contribution in [0.15, 0.2) is 41.6 Å². The molecule has 4 heterocycles. The number of rotatable bonds is 9. The predicted octanol–water partition coefficient (Wildman–Crippen LogP) is 1.33. The van der Waals surface area contributed by atoms with Crippen LogP contribution < -0.4 is 20.3 Å². The van der Waals surface area contributed by atoms with Crippen molar-refractivity contribution in [3.8, 4) is 0 Å². The van der Waals surface area contributed by atoms with Gasteiger partial charge in [0, 0.05) is 49.6 Å². The Balaban J connectivity index is 1.33. The number of benzene rings is 1. The summed E-state index contributed by atoms with van der Waals surface area (Å²) in [6.07, 6.45) is 7.56. The first-order chi connectivity index (χ1) is 18.4. The molecule has 1 spiro atoms. The number of piperidine rings is 1. The molecule has 38 heavy (non-hydrogen) atoms. The normalized spacial score (nSPS) is 26.6. The van der Waals surface area contributed by atoms with E-state index in [0.717, 1.165) is 77.3 Å². The van der Waals surface area contributed by atoms with Crippen LogP contribution in [0.3, 0.4) is 0 Å². The van der Waals surface area contributed by atoms with E-state index < -0.39 is 10.0 Å². The number of nitrogens with zero attached hydrogens (tertiary/aromatic N) is 3. The van der Waals surface area contributed by atoms with E-state index in [1.807, 2.05) is 24.5 Å². The summed E-state index contributed by atoms with van der Waals surface area (Å²) in [5, 5.41) is 14.5. The average Bonchev–Trinajstić information content (AvgIpc) is 3.45. The molecule has 0 amide bonds. The summed E-state index contributed by atoms with van der Waals surface area (Å²) in [5.74, 6) is 0. The highest BCUT2D eigenvalue weighted by atomic mass is 32.2. The van der Waals surface area contributed by atoms with E-state index >= 15 is 0 Å². The molecule has 3 unspecified atom stereocenters. The molecular formula is C27H43N7O3S. The zero-order valence-corrected chi connectivity index (χ0v) is 23.5. The zero-order valence-electron chi connectivity index (χ0n) is 22.7. The average molecular weight is 546 g/mol. The first-order valence-corrected chi connectivity index (χ1v) is 15.5. The minimum Gasteiger partial charge on any atom is -0.379 e. The molecule has 11 heteroatoms. The van der Waals surface area contributed by atoms with E-state index in [-0.39, 0.29) is 17.6 Å². The van der Waals surface area contributed by atoms with Crippen LogP contribution in [0.25, 0.3) is 0 Å². The lowest BCUT2D eigenvalue weighted by Crippen LogP contribution is -2.75. The van der Waals surface area contributed by atoms with E-state index in [0.29, 0.717) is 17.5 Å². The Hall–Kier alpha value is -2.02. The Bertz CT molecular complexity index is 1110. The fourth-order valence-corrected chi connectivity index (χ4v) is 7.58. The number of sulfonamides is 1. The number of aromatic nitrogens is 2. The number of piperazine rings is 1. The Morgan fingerprint density at radius 3 is 2.55 bits per heavy atom. The number of aromatic amines is 1. The van der Waals surface area contributed by atoms with E-state index in [2.05, 4.69) is 49.2 Å². The third-order valence-electron chi connectivity index (χ3n) is 8.65. The summed E-state index contributed by atoms with van der Waals surface area (Å²) < 4.78 is 34.3. The molecule has 0 radical (unpaired) electrons. The second kappa shape index (κ2) is 12.0. The summed E-state index contributed by atoms with van der Waals surface area (Å²) in [6.45, 7) is 11.1. The fourth-order valence-electron chi connectivity index (χ4n) is 6.51. The Morgan fingerprint density at radius 2 is 1.87 bits per heavy atom. The Labute approximate surface area is 226 Å². The van der Waals surface area contributed by atoms with E-state index in [1.165, 1.54) is 5.56 Å². The standard InChI is InChI=1S/C27H43N7O3S/c1-21-26(18-23-19-29-30-20-23)34(27(22(2)32-21)8-11-28-12-9-27)24-4-6-25(7-5-24)38(35,36)31-10-3-13-33-14-16-37-17-15-33/h4-7,19-22,26,28,31-32H,3,8-18H2,1-2H3,(H,29,30). The number of ether oxygens (including phenoxy) is 1. The van der Waals surface area contributed by atoms with Gasteiger partial charge in [-0.2, -0.15) is 5.10 Å². The monoisotopic (exact) mass is 545 g/mol. The lowest BCUT2D eigenvalue weighted by Gasteiger charge is -2.60. The molecule has 0 saturated carbocycles. The van der Waals surface area contributed by atoms with Gasteiger partial charge in [0.25, 0.3) is 0 Å². The van der Waals surface area contributed by atoms with Gasteiger partial charge >= 0.3 is 0 Å². The highest BCUT2D eigenvalue weighted by molar-refractivity contribution is 7.89. The highest BCUT2D eigenvalue weighted by Crippen LogP contribution is 2.41. The Kier molecular flexibility index (Phi) is 8.71. The lowest BCUT2D eigenvalue weighted by atomic mass is 9.74. The van der Waals surface area contributed by atoms with Crippen molar-refractivity contribution in [3.63, 3.8) is 0 Å². The van der Waals surface area contributed by atoms with Crippen LogP contribution in [0.1, 0.15) is 38.7 Å². The van der Waals surface area contributed by atoms with Crippen molar-refractivity contribution in [2.75, 3.05) is 57.4 Å². The maximum absolute atomic E-state index is 13.1. The summed E-state index contributed by atoms with van der Waals surface area (Å²) in [5.41, 5.74) is 2.20. The molecule has 0 aliphatic carbocycles. The fraction of sp³-hybridized carbons (Fsp3) is 0.667. The number of hydrogen-bond acceptors (Lipinski definition) is 8. The quantitative estimate of drug-likeness (QED) is 0.349. The SMILES string of the molecule is CC1NC(C)C2(CCNCC2)N(c2ccc(S(=O)(=O)NCCCN3CCOCC3)cc2)C1Cc1cn[nH]c1. The summed E-state index contributed by atoms with van der Waals surface area (Å²) >= 11 is 0. The van der Waals surface area contributed by atoms with Crippen molar-refractivity contribution in [2.24, 2.45) is 0 Å². The molecule has 4 N–H and O–H groups in total. The Morgan fingerprint density at radius 1 is 1.13 bits per heavy atom. The summed E-state index contributed by atoms with van der Waals surface area (Å²) in [4.78, 5) is 5.23. The largest absolute Gasteiger partial charge is 0.379 e. The van der Waals surface area contributed by atoms with Crippen LogP contribution >= 0.6 is 0 Å². The molecule has 1 aromatic carbocycles. The summed E-state index contributed by atoms with van der Waals surface area (Å²) in [7, 11) is -3.57. The van der Waals surface area contributed by atoms with Gasteiger partial charge in [-0.25, -0.2) is 13.1 Å². The molecule has 3 saturated heterocycles. The first kappa shape index (κ1) is 27.5. The maximum Gasteiger partial charge on any atom is 0.240 e. The smallest absolute Gasteiger partial charge is 0.240 e. The minimum absolute atomic E-state index is 0.0513. The van der Waals surface area contributed by atoms with E-state index in [9.17, 15) is 8.42 Å². The van der Waals surface area contributed by atoms with E-state index in [1.54, 1.807) is 12.1 Å². The van der Waals surface area contributed by atoms with Crippen LogP contribution in [-0.2, 0) is 21.2 Å². The predicted molar refractivity (Wildman–Crippen MR) is 149 cm³/mol. The van der Waals surface area contributed by atoms with Gasteiger partial charge in [0.15, 0.2) is 0 Å².